The van der Waals surface area contributed by atoms with Crippen LogP contribution in [0.3, 0.4) is 0 Å². The molecule has 2 atom stereocenters. The van der Waals surface area contributed by atoms with Crippen LogP contribution in [0.5, 0.6) is 11.5 Å². The number of nitrogens with one attached hydrogen (secondary N) is 1. The lowest BCUT2D eigenvalue weighted by atomic mass is 9.95. The third-order valence-electron chi connectivity index (χ3n) is 5.13. The molecule has 16 heteroatoms. The topological polar surface area (TPSA) is 152 Å². The predicted molar refractivity (Wildman–Crippen MR) is 136 cm³/mol. The number of alkyl halides is 3. The van der Waals surface area contributed by atoms with Gasteiger partial charge in [0, 0.05) is 31.7 Å². The molecular formula is C23H31F3N2O9S2. The Bertz CT molecular complexity index is 1220. The number of benzene rings is 2. The van der Waals surface area contributed by atoms with Crippen molar-refractivity contribution in [1.82, 2.24) is 10.2 Å². The first-order chi connectivity index (χ1) is 18.0. The van der Waals surface area contributed by atoms with Gasteiger partial charge in [-0.2, -0.15) is 16.8 Å². The summed E-state index contributed by atoms with van der Waals surface area (Å²) in [5.41, 5.74) is 1.70. The summed E-state index contributed by atoms with van der Waals surface area (Å²) in [4.78, 5) is 2.38. The van der Waals surface area contributed by atoms with Crippen LogP contribution >= 0.6 is 0 Å². The second-order valence-electron chi connectivity index (χ2n) is 8.59. The maximum Gasteiger partial charge on any atom is 0.573 e. The van der Waals surface area contributed by atoms with Crippen LogP contribution in [0.15, 0.2) is 48.5 Å². The third kappa shape index (κ3) is 13.9. The summed E-state index contributed by atoms with van der Waals surface area (Å²) in [6, 6.07) is 13.9. The highest BCUT2D eigenvalue weighted by Gasteiger charge is 2.36. The van der Waals surface area contributed by atoms with E-state index < -0.39 is 26.6 Å². The second kappa shape index (κ2) is 14.2. The van der Waals surface area contributed by atoms with Gasteiger partial charge in [-0.05, 0) is 23.8 Å². The Labute approximate surface area is 225 Å². The summed E-state index contributed by atoms with van der Waals surface area (Å²) in [6.45, 7) is 4.17. The monoisotopic (exact) mass is 600 g/mol. The van der Waals surface area contributed by atoms with E-state index in [1.807, 2.05) is 18.2 Å². The summed E-state index contributed by atoms with van der Waals surface area (Å²) >= 11 is 0. The molecule has 11 nitrogen and oxygen atoms in total. The van der Waals surface area contributed by atoms with E-state index in [2.05, 4.69) is 21.0 Å². The van der Waals surface area contributed by atoms with Gasteiger partial charge in [-0.1, -0.05) is 30.3 Å². The van der Waals surface area contributed by atoms with E-state index in [4.69, 9.17) is 18.6 Å². The van der Waals surface area contributed by atoms with Crippen molar-refractivity contribution >= 4 is 20.2 Å². The summed E-state index contributed by atoms with van der Waals surface area (Å²) in [5, 5.41) is 3.36. The van der Waals surface area contributed by atoms with Gasteiger partial charge in [0.25, 0.3) is 20.2 Å². The maximum atomic E-state index is 12.5. The van der Waals surface area contributed by atoms with Crippen molar-refractivity contribution < 1.29 is 53.3 Å². The molecule has 0 radical (unpaired) electrons. The van der Waals surface area contributed by atoms with Gasteiger partial charge in [0.05, 0.1) is 25.2 Å². The van der Waals surface area contributed by atoms with Crippen LogP contribution in [-0.2, 0) is 31.6 Å². The van der Waals surface area contributed by atoms with E-state index in [0.717, 1.165) is 37.5 Å². The molecule has 0 aromatic heterocycles. The summed E-state index contributed by atoms with van der Waals surface area (Å²) in [5.74, 6) is 0.610. The van der Waals surface area contributed by atoms with E-state index in [0.29, 0.717) is 24.7 Å². The van der Waals surface area contributed by atoms with E-state index in [1.165, 1.54) is 18.2 Å². The number of halogens is 3. The number of fused-ring (bicyclic) bond motifs is 1. The van der Waals surface area contributed by atoms with Crippen molar-refractivity contribution in [2.24, 2.45) is 0 Å². The molecule has 0 aliphatic carbocycles. The Balaban J connectivity index is 0.000000458. The van der Waals surface area contributed by atoms with Gasteiger partial charge < -0.3 is 19.5 Å². The zero-order chi connectivity index (χ0) is 29.3. The van der Waals surface area contributed by atoms with Gasteiger partial charge in [-0.25, -0.2) is 0 Å². The molecule has 0 bridgehead atoms. The molecule has 2 aromatic carbocycles. The predicted octanol–water partition coefficient (Wildman–Crippen LogP) is 2.52. The molecule has 1 fully saturated rings. The van der Waals surface area contributed by atoms with E-state index >= 15 is 0 Å². The average Bonchev–Trinajstić information content (AvgIpc) is 2.80. The van der Waals surface area contributed by atoms with Crippen LogP contribution in [0.1, 0.15) is 17.2 Å². The lowest BCUT2D eigenvalue weighted by molar-refractivity contribution is -0.274. The number of hydrogen-bond acceptors (Lipinski definition) is 9. The number of ether oxygens (including phenoxy) is 3. The lowest BCUT2D eigenvalue weighted by Crippen LogP contribution is -2.51. The number of nitrogens with zero attached hydrogens (tertiary/aromatic N) is 1. The Kier molecular flexibility index (Phi) is 12.0. The molecule has 0 saturated carbocycles. The first-order valence-electron chi connectivity index (χ1n) is 11.5. The van der Waals surface area contributed by atoms with Crippen LogP contribution in [0.25, 0.3) is 0 Å². The van der Waals surface area contributed by atoms with Crippen LogP contribution in [0.4, 0.5) is 13.2 Å². The van der Waals surface area contributed by atoms with Crippen molar-refractivity contribution in [2.75, 3.05) is 45.3 Å². The van der Waals surface area contributed by atoms with Gasteiger partial charge in [0.15, 0.2) is 0 Å². The first kappa shape index (κ1) is 32.7. The minimum Gasteiger partial charge on any atom is -0.490 e. The molecule has 2 heterocycles. The fraction of sp³-hybridized carbons (Fsp3) is 0.478. The van der Waals surface area contributed by atoms with Gasteiger partial charge in [-0.3, -0.25) is 14.0 Å². The molecule has 0 spiro atoms. The fourth-order valence-corrected chi connectivity index (χ4v) is 3.89. The SMILES string of the molecule is CS(=O)(=O)O.CS(=O)(=O)O.FC(F)(F)Oc1cccc(COC2COc3ccccc3C2N2CCNCC2)c1. The quantitative estimate of drug-likeness (QED) is 0.434. The Morgan fingerprint density at radius 2 is 1.59 bits per heavy atom. The average molecular weight is 601 g/mol. The molecular weight excluding hydrogens is 569 g/mol. The van der Waals surface area contributed by atoms with Gasteiger partial charge >= 0.3 is 6.36 Å². The maximum absolute atomic E-state index is 12.5. The molecule has 2 aliphatic heterocycles. The fourth-order valence-electron chi connectivity index (χ4n) is 3.89. The lowest BCUT2D eigenvalue weighted by Gasteiger charge is -2.42. The van der Waals surface area contributed by atoms with Crippen LogP contribution in [0.2, 0.25) is 0 Å². The molecule has 4 rings (SSSR count). The highest BCUT2D eigenvalue weighted by atomic mass is 32.2. The van der Waals surface area contributed by atoms with E-state index in [1.54, 1.807) is 6.07 Å². The molecule has 220 valence electrons. The zero-order valence-electron chi connectivity index (χ0n) is 21.2. The van der Waals surface area contributed by atoms with Gasteiger partial charge in [-0.15, -0.1) is 13.2 Å². The highest BCUT2D eigenvalue weighted by molar-refractivity contribution is 7.85. The molecule has 2 aliphatic rings. The van der Waals surface area contributed by atoms with Crippen molar-refractivity contribution in [2.45, 2.75) is 25.1 Å². The molecule has 0 amide bonds. The smallest absolute Gasteiger partial charge is 0.490 e. The van der Waals surface area contributed by atoms with Crippen LogP contribution in [-0.4, -0.2) is 88.6 Å². The number of rotatable bonds is 5. The normalized spacial score (nSPS) is 19.8. The highest BCUT2D eigenvalue weighted by Crippen LogP contribution is 2.38. The summed E-state index contributed by atoms with van der Waals surface area (Å²) < 4.78 is 105. The van der Waals surface area contributed by atoms with Gasteiger partial charge in [0.2, 0.25) is 0 Å². The molecule has 2 unspecified atom stereocenters. The first-order valence-corrected chi connectivity index (χ1v) is 15.2. The van der Waals surface area contributed by atoms with Gasteiger partial charge in [0.1, 0.15) is 24.2 Å². The summed E-state index contributed by atoms with van der Waals surface area (Å²) in [7, 11) is -7.33. The van der Waals surface area contributed by atoms with Crippen molar-refractivity contribution in [1.29, 1.82) is 0 Å². The number of hydrogen-bond donors (Lipinski definition) is 3. The van der Waals surface area contributed by atoms with E-state index in [9.17, 15) is 30.0 Å². The Morgan fingerprint density at radius 3 is 2.18 bits per heavy atom. The number of para-hydroxylation sites is 1. The minimum atomic E-state index is -4.71. The number of piperazine rings is 1. The molecule has 39 heavy (non-hydrogen) atoms. The standard InChI is InChI=1S/C21H23F3N2O3.2CH4O3S/c22-21(23,24)29-16-5-3-4-15(12-16)13-27-19-14-28-18-7-2-1-6-17(18)20(19)26-10-8-25-9-11-26;2*1-5(2,3)4/h1-7,12,19-20,25H,8-11,13-14H2;2*1H3,(H,2,3,4). The van der Waals surface area contributed by atoms with Crippen molar-refractivity contribution in [3.05, 3.63) is 59.7 Å². The van der Waals surface area contributed by atoms with Crippen molar-refractivity contribution in [3.8, 4) is 11.5 Å². The van der Waals surface area contributed by atoms with Crippen LogP contribution in [0, 0.1) is 0 Å². The second-order valence-corrected chi connectivity index (χ2v) is 11.5. The van der Waals surface area contributed by atoms with Crippen LogP contribution < -0.4 is 14.8 Å². The van der Waals surface area contributed by atoms with Crippen molar-refractivity contribution in [3.63, 3.8) is 0 Å². The Morgan fingerprint density at radius 1 is 1.00 bits per heavy atom. The Hall–Kier alpha value is -2.47. The summed E-state index contributed by atoms with van der Waals surface area (Å²) in [6.07, 6.45) is -3.51. The molecule has 3 N–H and O–H groups in total. The van der Waals surface area contributed by atoms with E-state index in [-0.39, 0.29) is 24.5 Å². The minimum absolute atomic E-state index is 0.0386. The molecule has 1 saturated heterocycles. The largest absolute Gasteiger partial charge is 0.573 e. The zero-order valence-corrected chi connectivity index (χ0v) is 22.8. The third-order valence-corrected chi connectivity index (χ3v) is 5.13. The molecule has 2 aromatic rings.